The Hall–Kier alpha value is -2.09. The van der Waals surface area contributed by atoms with Crippen molar-refractivity contribution in [3.8, 4) is 5.75 Å². The number of aryl methyl sites for hydroxylation is 1. The number of rotatable bonds is 8. The molecule has 0 fully saturated rings. The van der Waals surface area contributed by atoms with Crippen LogP contribution in [0.2, 0.25) is 5.02 Å². The molecule has 2 rings (SSSR count). The van der Waals surface area contributed by atoms with E-state index in [4.69, 9.17) is 16.3 Å². The molecule has 0 heterocycles. The molecule has 0 spiro atoms. The normalized spacial score (nSPS) is 11.2. The van der Waals surface area contributed by atoms with E-state index in [1.54, 1.807) is 18.2 Å². The number of carbonyl (C=O) groups excluding carboxylic acids is 1. The Morgan fingerprint density at radius 2 is 1.85 bits per heavy atom. The lowest BCUT2D eigenvalue weighted by atomic mass is 10.2. The molecule has 0 saturated heterocycles. The lowest BCUT2D eigenvalue weighted by Crippen LogP contribution is -2.24. The summed E-state index contributed by atoms with van der Waals surface area (Å²) in [6, 6.07) is 11.1. The monoisotopic (exact) mass is 396 g/mol. The summed E-state index contributed by atoms with van der Waals surface area (Å²) in [7, 11) is -3.52. The van der Waals surface area contributed by atoms with Gasteiger partial charge in [0.2, 0.25) is 10.0 Å². The van der Waals surface area contributed by atoms with E-state index in [9.17, 15) is 13.2 Å². The highest BCUT2D eigenvalue weighted by atomic mass is 35.5. The Morgan fingerprint density at radius 1 is 1.15 bits per heavy atom. The third-order valence-corrected chi connectivity index (χ3v) is 5.39. The molecule has 0 radical (unpaired) electrons. The van der Waals surface area contributed by atoms with E-state index in [2.05, 4.69) is 10.0 Å². The molecular weight excluding hydrogens is 376 g/mol. The standard InChI is InChI=1S/C18H21ClN2O4S/c1-3-10-20-26(23,24)16-7-4-14(5-8-16)21-18(22)12-25-15-6-9-17(19)13(2)11-15/h4-9,11,20H,3,10,12H2,1-2H3,(H,21,22). The zero-order valence-corrected chi connectivity index (χ0v) is 16.2. The zero-order chi connectivity index (χ0) is 19.2. The molecule has 0 saturated carbocycles. The highest BCUT2D eigenvalue weighted by Crippen LogP contribution is 2.21. The predicted octanol–water partition coefficient (Wildman–Crippen LogP) is 3.35. The van der Waals surface area contributed by atoms with Crippen molar-refractivity contribution in [3.05, 3.63) is 53.1 Å². The van der Waals surface area contributed by atoms with Gasteiger partial charge < -0.3 is 10.1 Å². The highest BCUT2D eigenvalue weighted by Gasteiger charge is 2.13. The minimum absolute atomic E-state index is 0.150. The largest absolute Gasteiger partial charge is 0.484 e. The molecule has 26 heavy (non-hydrogen) atoms. The first-order valence-corrected chi connectivity index (χ1v) is 9.96. The second-order valence-corrected chi connectivity index (χ2v) is 7.84. The van der Waals surface area contributed by atoms with Gasteiger partial charge in [-0.05, 0) is 61.4 Å². The van der Waals surface area contributed by atoms with Crippen LogP contribution < -0.4 is 14.8 Å². The van der Waals surface area contributed by atoms with Crippen LogP contribution in [-0.4, -0.2) is 27.5 Å². The van der Waals surface area contributed by atoms with E-state index in [0.717, 1.165) is 5.56 Å². The van der Waals surface area contributed by atoms with Gasteiger partial charge in [0.05, 0.1) is 4.90 Å². The summed E-state index contributed by atoms with van der Waals surface area (Å²) in [6.45, 7) is 3.94. The number of sulfonamides is 1. The van der Waals surface area contributed by atoms with Crippen molar-refractivity contribution >= 4 is 33.2 Å². The van der Waals surface area contributed by atoms with Crippen LogP contribution in [-0.2, 0) is 14.8 Å². The molecule has 0 atom stereocenters. The molecule has 2 aromatic carbocycles. The molecule has 0 aliphatic rings. The fourth-order valence-electron chi connectivity index (χ4n) is 2.09. The third-order valence-electron chi connectivity index (χ3n) is 3.49. The Kier molecular flexibility index (Phi) is 7.02. The van der Waals surface area contributed by atoms with Gasteiger partial charge in [0.25, 0.3) is 5.91 Å². The van der Waals surface area contributed by atoms with Crippen molar-refractivity contribution in [3.63, 3.8) is 0 Å². The number of hydrogen-bond donors (Lipinski definition) is 2. The fraction of sp³-hybridized carbons (Fsp3) is 0.278. The molecule has 0 unspecified atom stereocenters. The summed E-state index contributed by atoms with van der Waals surface area (Å²) in [4.78, 5) is 12.1. The van der Waals surface area contributed by atoms with Gasteiger partial charge >= 0.3 is 0 Å². The van der Waals surface area contributed by atoms with Crippen LogP contribution >= 0.6 is 11.6 Å². The number of carbonyl (C=O) groups is 1. The summed E-state index contributed by atoms with van der Waals surface area (Å²) in [6.07, 6.45) is 0.709. The first-order chi connectivity index (χ1) is 12.3. The van der Waals surface area contributed by atoms with Gasteiger partial charge in [0, 0.05) is 17.3 Å². The van der Waals surface area contributed by atoms with E-state index < -0.39 is 10.0 Å². The van der Waals surface area contributed by atoms with Crippen LogP contribution in [0.4, 0.5) is 5.69 Å². The molecular formula is C18H21ClN2O4S. The number of halogens is 1. The summed E-state index contributed by atoms with van der Waals surface area (Å²) < 4.78 is 31.9. The van der Waals surface area contributed by atoms with E-state index in [1.165, 1.54) is 24.3 Å². The van der Waals surface area contributed by atoms with Gasteiger partial charge in [0.15, 0.2) is 6.61 Å². The van der Waals surface area contributed by atoms with E-state index in [1.807, 2.05) is 13.8 Å². The van der Waals surface area contributed by atoms with Crippen LogP contribution in [0.5, 0.6) is 5.75 Å². The first kappa shape index (κ1) is 20.2. The Labute approximate surface area is 158 Å². The van der Waals surface area contributed by atoms with E-state index in [0.29, 0.717) is 29.4 Å². The van der Waals surface area contributed by atoms with E-state index >= 15 is 0 Å². The second-order valence-electron chi connectivity index (χ2n) is 5.67. The summed E-state index contributed by atoms with van der Waals surface area (Å²) >= 11 is 5.94. The average molecular weight is 397 g/mol. The van der Waals surface area contributed by atoms with Crippen molar-refractivity contribution in [2.45, 2.75) is 25.2 Å². The van der Waals surface area contributed by atoms with Gasteiger partial charge in [-0.2, -0.15) is 0 Å². The molecule has 0 aliphatic heterocycles. The van der Waals surface area contributed by atoms with Crippen molar-refractivity contribution in [1.82, 2.24) is 4.72 Å². The van der Waals surface area contributed by atoms with Crippen LogP contribution in [0.25, 0.3) is 0 Å². The SMILES string of the molecule is CCCNS(=O)(=O)c1ccc(NC(=O)COc2ccc(Cl)c(C)c2)cc1. The number of ether oxygens (including phenoxy) is 1. The maximum absolute atomic E-state index is 12.0. The number of anilines is 1. The Morgan fingerprint density at radius 3 is 2.46 bits per heavy atom. The number of amides is 1. The van der Waals surface area contributed by atoms with Crippen molar-refractivity contribution in [2.75, 3.05) is 18.5 Å². The minimum Gasteiger partial charge on any atom is -0.484 e. The highest BCUT2D eigenvalue weighted by molar-refractivity contribution is 7.89. The maximum Gasteiger partial charge on any atom is 0.262 e. The van der Waals surface area contributed by atoms with Gasteiger partial charge in [-0.3, -0.25) is 4.79 Å². The topological polar surface area (TPSA) is 84.5 Å². The first-order valence-electron chi connectivity index (χ1n) is 8.10. The predicted molar refractivity (Wildman–Crippen MR) is 102 cm³/mol. The molecule has 1 amide bonds. The quantitative estimate of drug-likeness (QED) is 0.716. The molecule has 6 nitrogen and oxygen atoms in total. The Bertz CT molecular complexity index is 867. The summed E-state index contributed by atoms with van der Waals surface area (Å²) in [5.74, 6) is 0.197. The molecule has 140 valence electrons. The van der Waals surface area contributed by atoms with Crippen molar-refractivity contribution < 1.29 is 17.9 Å². The zero-order valence-electron chi connectivity index (χ0n) is 14.6. The van der Waals surface area contributed by atoms with Crippen LogP contribution in [0.15, 0.2) is 47.4 Å². The molecule has 0 aliphatic carbocycles. The molecule has 8 heteroatoms. The van der Waals surface area contributed by atoms with Crippen molar-refractivity contribution in [2.24, 2.45) is 0 Å². The number of nitrogens with one attached hydrogen (secondary N) is 2. The van der Waals surface area contributed by atoms with Gasteiger partial charge in [0.1, 0.15) is 5.75 Å². The third kappa shape index (κ3) is 5.72. The minimum atomic E-state index is -3.52. The lowest BCUT2D eigenvalue weighted by Gasteiger charge is -2.10. The van der Waals surface area contributed by atoms with Gasteiger partial charge in [-0.25, -0.2) is 13.1 Å². The number of hydrogen-bond acceptors (Lipinski definition) is 4. The lowest BCUT2D eigenvalue weighted by molar-refractivity contribution is -0.118. The fourth-order valence-corrected chi connectivity index (χ4v) is 3.34. The van der Waals surface area contributed by atoms with Crippen LogP contribution in [0.1, 0.15) is 18.9 Å². The molecule has 2 aromatic rings. The van der Waals surface area contributed by atoms with Crippen LogP contribution in [0, 0.1) is 6.92 Å². The molecule has 0 bridgehead atoms. The second kappa shape index (κ2) is 9.02. The Balaban J connectivity index is 1.91. The average Bonchev–Trinajstić information content (AvgIpc) is 2.61. The van der Waals surface area contributed by atoms with E-state index in [-0.39, 0.29) is 17.4 Å². The summed E-state index contributed by atoms with van der Waals surface area (Å²) in [5, 5.41) is 3.28. The van der Waals surface area contributed by atoms with Crippen LogP contribution in [0.3, 0.4) is 0 Å². The van der Waals surface area contributed by atoms with Gasteiger partial charge in [-0.1, -0.05) is 18.5 Å². The van der Waals surface area contributed by atoms with Gasteiger partial charge in [-0.15, -0.1) is 0 Å². The number of benzene rings is 2. The molecule has 2 N–H and O–H groups in total. The summed E-state index contributed by atoms with van der Waals surface area (Å²) in [5.41, 5.74) is 1.35. The molecule has 0 aromatic heterocycles. The smallest absolute Gasteiger partial charge is 0.262 e. The maximum atomic E-state index is 12.0. The van der Waals surface area contributed by atoms with Crippen molar-refractivity contribution in [1.29, 1.82) is 0 Å².